The van der Waals surface area contributed by atoms with Crippen molar-refractivity contribution in [3.05, 3.63) is 11.9 Å². The smallest absolute Gasteiger partial charge is 0.239 e. The van der Waals surface area contributed by atoms with Crippen LogP contribution in [0.25, 0.3) is 0 Å². The van der Waals surface area contributed by atoms with Crippen LogP contribution in [0.15, 0.2) is 6.33 Å². The second kappa shape index (κ2) is 8.35. The predicted octanol–water partition coefficient (Wildman–Crippen LogP) is 1.57. The summed E-state index contributed by atoms with van der Waals surface area (Å²) >= 11 is 0. The molecule has 0 spiro atoms. The molecule has 2 N–H and O–H groups in total. The molecule has 0 saturated carbocycles. The van der Waals surface area contributed by atoms with E-state index in [9.17, 15) is 4.79 Å². The van der Waals surface area contributed by atoms with Crippen molar-refractivity contribution in [1.82, 2.24) is 15.3 Å². The SMILES string of the molecule is CCCNc1ncnc(N(CCC)CC(=O)NC)c1C. The fourth-order valence-corrected chi connectivity index (χ4v) is 1.96. The molecule has 1 amide bonds. The zero-order valence-electron chi connectivity index (χ0n) is 12.9. The molecule has 0 saturated heterocycles. The lowest BCUT2D eigenvalue weighted by molar-refractivity contribution is -0.119. The molecule has 0 unspecified atom stereocenters. The van der Waals surface area contributed by atoms with Gasteiger partial charge in [-0.15, -0.1) is 0 Å². The van der Waals surface area contributed by atoms with Gasteiger partial charge in [0.2, 0.25) is 5.91 Å². The zero-order valence-corrected chi connectivity index (χ0v) is 12.9. The Bertz CT molecular complexity index is 436. The molecular weight excluding hydrogens is 254 g/mol. The van der Waals surface area contributed by atoms with Crippen LogP contribution in [0.2, 0.25) is 0 Å². The van der Waals surface area contributed by atoms with Crippen molar-refractivity contribution >= 4 is 17.5 Å². The van der Waals surface area contributed by atoms with Gasteiger partial charge in [0.1, 0.15) is 18.0 Å². The summed E-state index contributed by atoms with van der Waals surface area (Å²) in [5.41, 5.74) is 0.985. The monoisotopic (exact) mass is 279 g/mol. The average molecular weight is 279 g/mol. The van der Waals surface area contributed by atoms with Crippen molar-refractivity contribution < 1.29 is 4.79 Å². The van der Waals surface area contributed by atoms with E-state index in [0.717, 1.165) is 43.1 Å². The molecule has 1 rings (SSSR count). The number of rotatable bonds is 8. The maximum atomic E-state index is 11.6. The second-order valence-corrected chi connectivity index (χ2v) is 4.69. The van der Waals surface area contributed by atoms with Gasteiger partial charge >= 0.3 is 0 Å². The molecule has 0 aliphatic rings. The van der Waals surface area contributed by atoms with Crippen molar-refractivity contribution in [2.24, 2.45) is 0 Å². The van der Waals surface area contributed by atoms with Crippen LogP contribution in [0.3, 0.4) is 0 Å². The Morgan fingerprint density at radius 2 is 2.05 bits per heavy atom. The third-order valence-electron chi connectivity index (χ3n) is 3.01. The van der Waals surface area contributed by atoms with Gasteiger partial charge in [-0.05, 0) is 19.8 Å². The molecule has 6 heteroatoms. The number of anilines is 2. The molecule has 0 fully saturated rings. The number of carbonyl (C=O) groups excluding carboxylic acids is 1. The molecule has 20 heavy (non-hydrogen) atoms. The van der Waals surface area contributed by atoms with Gasteiger partial charge in [-0.1, -0.05) is 13.8 Å². The Labute approximate surface area is 121 Å². The average Bonchev–Trinajstić information content (AvgIpc) is 2.45. The number of aromatic nitrogens is 2. The first-order valence-electron chi connectivity index (χ1n) is 7.15. The summed E-state index contributed by atoms with van der Waals surface area (Å²) in [5.74, 6) is 1.65. The summed E-state index contributed by atoms with van der Waals surface area (Å²) in [4.78, 5) is 22.2. The summed E-state index contributed by atoms with van der Waals surface area (Å²) < 4.78 is 0. The first kappa shape index (κ1) is 16.2. The van der Waals surface area contributed by atoms with Crippen LogP contribution in [0, 0.1) is 6.92 Å². The maximum Gasteiger partial charge on any atom is 0.239 e. The molecule has 6 nitrogen and oxygen atoms in total. The highest BCUT2D eigenvalue weighted by Gasteiger charge is 2.15. The lowest BCUT2D eigenvalue weighted by Crippen LogP contribution is -2.37. The van der Waals surface area contributed by atoms with Gasteiger partial charge in [0.15, 0.2) is 0 Å². The Hall–Kier alpha value is -1.85. The van der Waals surface area contributed by atoms with Crippen molar-refractivity contribution in [2.45, 2.75) is 33.6 Å². The Morgan fingerprint density at radius 1 is 1.30 bits per heavy atom. The van der Waals surface area contributed by atoms with Crippen LogP contribution in [-0.2, 0) is 4.79 Å². The first-order chi connectivity index (χ1) is 9.63. The second-order valence-electron chi connectivity index (χ2n) is 4.69. The number of likely N-dealkylation sites (N-methyl/N-ethyl adjacent to an activating group) is 1. The van der Waals surface area contributed by atoms with Crippen molar-refractivity contribution in [3.63, 3.8) is 0 Å². The van der Waals surface area contributed by atoms with Crippen LogP contribution in [0.5, 0.6) is 0 Å². The standard InChI is InChI=1S/C14H25N5O/c1-5-7-16-13-11(3)14(18-10-17-13)19(8-6-2)9-12(20)15-4/h10H,5-9H2,1-4H3,(H,15,20)(H,16,17,18). The van der Waals surface area contributed by atoms with Crippen molar-refractivity contribution in [2.75, 3.05) is 36.9 Å². The number of hydrogen-bond donors (Lipinski definition) is 2. The van der Waals surface area contributed by atoms with E-state index >= 15 is 0 Å². The van der Waals surface area contributed by atoms with Crippen molar-refractivity contribution in [1.29, 1.82) is 0 Å². The van der Waals surface area contributed by atoms with E-state index in [2.05, 4.69) is 34.4 Å². The van der Waals surface area contributed by atoms with E-state index in [1.165, 1.54) is 0 Å². The van der Waals surface area contributed by atoms with Gasteiger partial charge < -0.3 is 15.5 Å². The minimum atomic E-state index is -0.0143. The third-order valence-corrected chi connectivity index (χ3v) is 3.01. The predicted molar refractivity (Wildman–Crippen MR) is 82.1 cm³/mol. The molecule has 0 aromatic carbocycles. The summed E-state index contributed by atoms with van der Waals surface area (Å²) in [7, 11) is 1.65. The number of nitrogens with one attached hydrogen (secondary N) is 2. The number of amides is 1. The van der Waals surface area contributed by atoms with E-state index in [0.29, 0.717) is 6.54 Å². The molecular formula is C14H25N5O. The normalized spacial score (nSPS) is 10.2. The van der Waals surface area contributed by atoms with Gasteiger partial charge in [-0.3, -0.25) is 4.79 Å². The van der Waals surface area contributed by atoms with Crippen LogP contribution in [0.1, 0.15) is 32.3 Å². The van der Waals surface area contributed by atoms with E-state index in [1.54, 1.807) is 13.4 Å². The minimum absolute atomic E-state index is 0.0143. The summed E-state index contributed by atoms with van der Waals surface area (Å²) in [5, 5.41) is 5.94. The number of nitrogens with zero attached hydrogens (tertiary/aromatic N) is 3. The van der Waals surface area contributed by atoms with Crippen LogP contribution < -0.4 is 15.5 Å². The molecule has 0 aliphatic carbocycles. The van der Waals surface area contributed by atoms with E-state index < -0.39 is 0 Å². The quantitative estimate of drug-likeness (QED) is 0.756. The Morgan fingerprint density at radius 3 is 2.65 bits per heavy atom. The van der Waals surface area contributed by atoms with Crippen LogP contribution >= 0.6 is 0 Å². The summed E-state index contributed by atoms with van der Waals surface area (Å²) in [6, 6.07) is 0. The lowest BCUT2D eigenvalue weighted by atomic mass is 10.2. The molecule has 1 aromatic heterocycles. The highest BCUT2D eigenvalue weighted by atomic mass is 16.1. The van der Waals surface area contributed by atoms with Gasteiger partial charge in [0.05, 0.1) is 6.54 Å². The minimum Gasteiger partial charge on any atom is -0.370 e. The zero-order chi connectivity index (χ0) is 15.0. The molecule has 1 aromatic rings. The van der Waals surface area contributed by atoms with E-state index in [-0.39, 0.29) is 5.91 Å². The van der Waals surface area contributed by atoms with Gasteiger partial charge in [0.25, 0.3) is 0 Å². The first-order valence-corrected chi connectivity index (χ1v) is 7.15. The highest BCUT2D eigenvalue weighted by Crippen LogP contribution is 2.22. The summed E-state index contributed by atoms with van der Waals surface area (Å²) in [6.45, 7) is 8.16. The largest absolute Gasteiger partial charge is 0.370 e. The Balaban J connectivity index is 2.97. The number of carbonyl (C=O) groups is 1. The Kier molecular flexibility index (Phi) is 6.76. The maximum absolute atomic E-state index is 11.6. The third kappa shape index (κ3) is 4.36. The van der Waals surface area contributed by atoms with Crippen LogP contribution in [-0.4, -0.2) is 42.6 Å². The fourth-order valence-electron chi connectivity index (χ4n) is 1.96. The van der Waals surface area contributed by atoms with Gasteiger partial charge in [0, 0.05) is 25.7 Å². The molecule has 112 valence electrons. The lowest BCUT2D eigenvalue weighted by Gasteiger charge is -2.24. The van der Waals surface area contributed by atoms with Gasteiger partial charge in [-0.25, -0.2) is 9.97 Å². The van der Waals surface area contributed by atoms with E-state index in [1.807, 2.05) is 11.8 Å². The fraction of sp³-hybridized carbons (Fsp3) is 0.643. The molecule has 1 heterocycles. The molecule has 0 bridgehead atoms. The topological polar surface area (TPSA) is 70.2 Å². The molecule has 0 radical (unpaired) electrons. The molecule has 0 atom stereocenters. The van der Waals surface area contributed by atoms with Gasteiger partial charge in [-0.2, -0.15) is 0 Å². The highest BCUT2D eigenvalue weighted by molar-refractivity contribution is 5.81. The molecule has 0 aliphatic heterocycles. The summed E-state index contributed by atoms with van der Waals surface area (Å²) in [6.07, 6.45) is 3.54. The van der Waals surface area contributed by atoms with Crippen LogP contribution in [0.4, 0.5) is 11.6 Å². The van der Waals surface area contributed by atoms with Crippen molar-refractivity contribution in [3.8, 4) is 0 Å². The number of hydrogen-bond acceptors (Lipinski definition) is 5. The van der Waals surface area contributed by atoms with E-state index in [4.69, 9.17) is 0 Å².